The van der Waals surface area contributed by atoms with Gasteiger partial charge in [-0.05, 0) is 61.9 Å². The van der Waals surface area contributed by atoms with Crippen LogP contribution in [0.2, 0.25) is 0 Å². The molecule has 0 bridgehead atoms. The quantitative estimate of drug-likeness (QED) is 0.300. The molecule has 3 aromatic rings. The fraction of sp³-hybridized carbons (Fsp3) is 0.364. The normalized spacial score (nSPS) is 13.5. The van der Waals surface area contributed by atoms with Gasteiger partial charge in [0.15, 0.2) is 0 Å². The molecule has 3 rings (SSSR count). The summed E-state index contributed by atoms with van der Waals surface area (Å²) in [7, 11) is -3.61. The number of aryl methyl sites for hydroxylation is 1. The molecule has 0 N–H and O–H groups in total. The standard InChI is InChI=1S/C22H24F3O4PS/c1-4-27-30(26,28-5-2)19(21-15(3)18-11-6-7-12-20(18)31-21)14-16-9-8-10-17(13-16)29-22(23,24)25/h6-13,19H,4-5,14H2,1-3H3. The average molecular weight is 472 g/mol. The largest absolute Gasteiger partial charge is 0.573 e. The zero-order valence-corrected chi connectivity index (χ0v) is 19.2. The first-order valence-electron chi connectivity index (χ1n) is 9.88. The molecule has 0 aliphatic carbocycles. The van der Waals surface area contributed by atoms with Gasteiger partial charge in [-0.3, -0.25) is 4.57 Å². The van der Waals surface area contributed by atoms with Crippen molar-refractivity contribution in [3.05, 3.63) is 64.5 Å². The highest BCUT2D eigenvalue weighted by Crippen LogP contribution is 2.64. The smallest absolute Gasteiger partial charge is 0.406 e. The van der Waals surface area contributed by atoms with Crippen LogP contribution in [0.5, 0.6) is 5.75 Å². The Morgan fingerprint density at radius 2 is 1.71 bits per heavy atom. The summed E-state index contributed by atoms with van der Waals surface area (Å²) in [5, 5.41) is 1.04. The zero-order valence-electron chi connectivity index (χ0n) is 17.4. The van der Waals surface area contributed by atoms with Crippen LogP contribution >= 0.6 is 18.9 Å². The predicted octanol–water partition coefficient (Wildman–Crippen LogP) is 7.66. The van der Waals surface area contributed by atoms with Crippen LogP contribution in [0.1, 0.15) is 35.5 Å². The molecule has 4 nitrogen and oxygen atoms in total. The van der Waals surface area contributed by atoms with E-state index in [1.807, 2.05) is 31.2 Å². The third-order valence-electron chi connectivity index (χ3n) is 4.74. The summed E-state index contributed by atoms with van der Waals surface area (Å²) >= 11 is 1.50. The fourth-order valence-electron chi connectivity index (χ4n) is 3.53. The van der Waals surface area contributed by atoms with E-state index in [4.69, 9.17) is 9.05 Å². The molecule has 9 heteroatoms. The Morgan fingerprint density at radius 1 is 1.03 bits per heavy atom. The van der Waals surface area contributed by atoms with Crippen molar-refractivity contribution in [3.8, 4) is 5.75 Å². The van der Waals surface area contributed by atoms with E-state index in [-0.39, 0.29) is 25.4 Å². The predicted molar refractivity (Wildman–Crippen MR) is 117 cm³/mol. The van der Waals surface area contributed by atoms with Gasteiger partial charge in [0, 0.05) is 9.58 Å². The summed E-state index contributed by atoms with van der Waals surface area (Å²) in [4.78, 5) is 0.841. The molecule has 31 heavy (non-hydrogen) atoms. The molecule has 0 fully saturated rings. The number of hydrogen-bond acceptors (Lipinski definition) is 5. The summed E-state index contributed by atoms with van der Waals surface area (Å²) in [5.74, 6) is -0.320. The summed E-state index contributed by atoms with van der Waals surface area (Å²) in [6, 6.07) is 13.6. The van der Waals surface area contributed by atoms with E-state index in [0.29, 0.717) is 5.56 Å². The van der Waals surface area contributed by atoms with Crippen molar-refractivity contribution in [2.24, 2.45) is 0 Å². The maximum Gasteiger partial charge on any atom is 0.573 e. The topological polar surface area (TPSA) is 44.8 Å². The SMILES string of the molecule is CCOP(=O)(OCC)C(Cc1cccc(OC(F)(F)F)c1)c1sc2ccccc2c1C. The first kappa shape index (κ1) is 23.8. The van der Waals surface area contributed by atoms with Gasteiger partial charge in [-0.15, -0.1) is 24.5 Å². The molecule has 0 saturated heterocycles. The lowest BCUT2D eigenvalue weighted by molar-refractivity contribution is -0.274. The van der Waals surface area contributed by atoms with Crippen molar-refractivity contribution in [2.45, 2.75) is 39.2 Å². The Hall–Kier alpha value is -1.86. The van der Waals surface area contributed by atoms with E-state index in [0.717, 1.165) is 20.5 Å². The van der Waals surface area contributed by atoms with Crippen LogP contribution in [0.4, 0.5) is 13.2 Å². The van der Waals surface area contributed by atoms with Crippen LogP contribution < -0.4 is 4.74 Å². The highest BCUT2D eigenvalue weighted by atomic mass is 32.1. The Labute approximate surface area is 183 Å². The van der Waals surface area contributed by atoms with Crippen LogP contribution in [-0.4, -0.2) is 19.6 Å². The lowest BCUT2D eigenvalue weighted by Gasteiger charge is -2.26. The van der Waals surface area contributed by atoms with E-state index >= 15 is 0 Å². The maximum atomic E-state index is 13.8. The Bertz CT molecular complexity index is 1070. The lowest BCUT2D eigenvalue weighted by atomic mass is 10.0. The van der Waals surface area contributed by atoms with Crippen molar-refractivity contribution >= 4 is 29.0 Å². The maximum absolute atomic E-state index is 13.8. The summed E-state index contributed by atoms with van der Waals surface area (Å²) in [6.45, 7) is 5.80. The van der Waals surface area contributed by atoms with Crippen molar-refractivity contribution in [2.75, 3.05) is 13.2 Å². The number of fused-ring (bicyclic) bond motifs is 1. The molecule has 0 spiro atoms. The number of rotatable bonds is 9. The van der Waals surface area contributed by atoms with Gasteiger partial charge in [-0.2, -0.15) is 0 Å². The monoisotopic (exact) mass is 472 g/mol. The second-order valence-electron chi connectivity index (χ2n) is 6.88. The summed E-state index contributed by atoms with van der Waals surface area (Å²) < 4.78 is 68.2. The molecule has 0 saturated carbocycles. The van der Waals surface area contributed by atoms with Crippen molar-refractivity contribution < 1.29 is 31.5 Å². The molecule has 0 aliphatic rings. The average Bonchev–Trinajstić information content (AvgIpc) is 3.02. The number of thiophene rings is 1. The molecule has 1 atom stereocenters. The van der Waals surface area contributed by atoms with Gasteiger partial charge in [0.25, 0.3) is 0 Å². The Morgan fingerprint density at radius 3 is 2.32 bits per heavy atom. The van der Waals surface area contributed by atoms with Crippen LogP contribution in [0.15, 0.2) is 48.5 Å². The van der Waals surface area contributed by atoms with Crippen molar-refractivity contribution in [1.29, 1.82) is 0 Å². The van der Waals surface area contributed by atoms with E-state index in [2.05, 4.69) is 4.74 Å². The van der Waals surface area contributed by atoms with Crippen LogP contribution in [-0.2, 0) is 20.0 Å². The highest BCUT2D eigenvalue weighted by molar-refractivity contribution is 7.54. The molecular formula is C22H24F3O4PS. The van der Waals surface area contributed by atoms with Crippen LogP contribution in [0.3, 0.4) is 0 Å². The minimum atomic E-state index is -4.79. The minimum absolute atomic E-state index is 0.181. The molecule has 0 radical (unpaired) electrons. The fourth-order valence-corrected chi connectivity index (χ4v) is 7.34. The zero-order chi connectivity index (χ0) is 22.6. The van der Waals surface area contributed by atoms with Crippen LogP contribution in [0.25, 0.3) is 10.1 Å². The van der Waals surface area contributed by atoms with Gasteiger partial charge < -0.3 is 13.8 Å². The van der Waals surface area contributed by atoms with Crippen LogP contribution in [0, 0.1) is 6.92 Å². The second kappa shape index (κ2) is 9.74. The highest BCUT2D eigenvalue weighted by Gasteiger charge is 2.39. The van der Waals surface area contributed by atoms with E-state index < -0.39 is 19.6 Å². The van der Waals surface area contributed by atoms with Gasteiger partial charge in [0.05, 0.1) is 18.9 Å². The van der Waals surface area contributed by atoms with Gasteiger partial charge in [-0.25, -0.2) is 0 Å². The van der Waals surface area contributed by atoms with Gasteiger partial charge in [-0.1, -0.05) is 30.3 Å². The first-order valence-corrected chi connectivity index (χ1v) is 12.3. The number of hydrogen-bond donors (Lipinski definition) is 0. The third kappa shape index (κ3) is 5.69. The number of benzene rings is 2. The molecule has 0 amide bonds. The molecular weight excluding hydrogens is 448 g/mol. The summed E-state index contributed by atoms with van der Waals surface area (Å²) in [5.41, 5.74) is 0.849. The summed E-state index contributed by atoms with van der Waals surface area (Å²) in [6.07, 6.45) is -4.61. The van der Waals surface area contributed by atoms with Gasteiger partial charge in [0.1, 0.15) is 5.75 Å². The Kier molecular flexibility index (Phi) is 7.47. The number of alkyl halides is 3. The molecule has 1 heterocycles. The van der Waals surface area contributed by atoms with Crippen molar-refractivity contribution in [1.82, 2.24) is 0 Å². The van der Waals surface area contributed by atoms with Gasteiger partial charge in [0.2, 0.25) is 0 Å². The van der Waals surface area contributed by atoms with E-state index in [1.54, 1.807) is 19.9 Å². The van der Waals surface area contributed by atoms with E-state index in [9.17, 15) is 17.7 Å². The third-order valence-corrected chi connectivity index (χ3v) is 8.75. The molecule has 0 aliphatic heterocycles. The molecule has 2 aromatic carbocycles. The van der Waals surface area contributed by atoms with E-state index in [1.165, 1.54) is 29.5 Å². The number of ether oxygens (including phenoxy) is 1. The second-order valence-corrected chi connectivity index (χ2v) is 10.2. The Balaban J connectivity index is 2.07. The van der Waals surface area contributed by atoms with Gasteiger partial charge >= 0.3 is 14.0 Å². The molecule has 1 aromatic heterocycles. The number of halogens is 3. The first-order chi connectivity index (χ1) is 14.7. The molecule has 168 valence electrons. The van der Waals surface area contributed by atoms with Crippen molar-refractivity contribution in [3.63, 3.8) is 0 Å². The molecule has 1 unspecified atom stereocenters. The minimum Gasteiger partial charge on any atom is -0.406 e. The lowest BCUT2D eigenvalue weighted by Crippen LogP contribution is -2.17.